The maximum absolute atomic E-state index is 5.74. The summed E-state index contributed by atoms with van der Waals surface area (Å²) in [5.74, 6) is 0. The van der Waals surface area contributed by atoms with Gasteiger partial charge in [0.15, 0.2) is 0 Å². The summed E-state index contributed by atoms with van der Waals surface area (Å²) in [7, 11) is 0. The first-order chi connectivity index (χ1) is 12.3. The van der Waals surface area contributed by atoms with E-state index in [0.29, 0.717) is 0 Å². The van der Waals surface area contributed by atoms with Gasteiger partial charge in [-0.2, -0.15) is 0 Å². The standard InChI is InChI=1S/C18H21NO.C3H6.C2H6/c1-2-7-16(8-3-1)15-20-14-6-12-19-13-11-17-9-4-5-10-18(17)19;1-3-2;1-2/h1-5,7-10H,6,11-15H2;3H,1H2,2H3;1-2H3. The molecule has 0 spiro atoms. The number of ether oxygens (including phenoxy) is 1. The van der Waals surface area contributed by atoms with Crippen molar-refractivity contribution in [3.05, 3.63) is 78.4 Å². The van der Waals surface area contributed by atoms with Gasteiger partial charge in [0.25, 0.3) is 0 Å². The van der Waals surface area contributed by atoms with Crippen molar-refractivity contribution in [2.75, 3.05) is 24.6 Å². The first-order valence-electron chi connectivity index (χ1n) is 9.36. The molecule has 0 saturated heterocycles. The number of rotatable bonds is 6. The second-order valence-corrected chi connectivity index (χ2v) is 5.67. The lowest BCUT2D eigenvalue weighted by atomic mass is 10.2. The lowest BCUT2D eigenvalue weighted by Crippen LogP contribution is -2.22. The second-order valence-electron chi connectivity index (χ2n) is 5.67. The highest BCUT2D eigenvalue weighted by molar-refractivity contribution is 5.57. The van der Waals surface area contributed by atoms with Crippen molar-refractivity contribution in [3.63, 3.8) is 0 Å². The number of allylic oxidation sites excluding steroid dienone is 1. The van der Waals surface area contributed by atoms with Gasteiger partial charge in [0.05, 0.1) is 6.61 Å². The van der Waals surface area contributed by atoms with Gasteiger partial charge in [-0.25, -0.2) is 0 Å². The van der Waals surface area contributed by atoms with Crippen molar-refractivity contribution in [1.29, 1.82) is 0 Å². The Kier molecular flexibility index (Phi) is 11.1. The monoisotopic (exact) mass is 339 g/mol. The molecule has 2 aromatic rings. The molecule has 1 heterocycles. The summed E-state index contributed by atoms with van der Waals surface area (Å²) < 4.78 is 5.74. The Morgan fingerprint density at radius 2 is 1.68 bits per heavy atom. The van der Waals surface area contributed by atoms with Crippen LogP contribution in [0.5, 0.6) is 0 Å². The molecule has 2 heteroatoms. The highest BCUT2D eigenvalue weighted by atomic mass is 16.5. The fourth-order valence-corrected chi connectivity index (χ4v) is 2.76. The quantitative estimate of drug-likeness (QED) is 0.482. The van der Waals surface area contributed by atoms with Crippen LogP contribution < -0.4 is 4.90 Å². The molecule has 0 amide bonds. The van der Waals surface area contributed by atoms with E-state index in [1.165, 1.54) is 23.2 Å². The number of hydrogen-bond acceptors (Lipinski definition) is 2. The van der Waals surface area contributed by atoms with E-state index in [4.69, 9.17) is 4.74 Å². The normalized spacial score (nSPS) is 11.6. The molecular weight excluding hydrogens is 306 g/mol. The van der Waals surface area contributed by atoms with Crippen LogP contribution in [0.25, 0.3) is 0 Å². The summed E-state index contributed by atoms with van der Waals surface area (Å²) in [6, 6.07) is 19.1. The number of para-hydroxylation sites is 1. The molecule has 3 rings (SSSR count). The second kappa shape index (κ2) is 13.3. The molecule has 25 heavy (non-hydrogen) atoms. The van der Waals surface area contributed by atoms with E-state index in [1.807, 2.05) is 26.8 Å². The van der Waals surface area contributed by atoms with Gasteiger partial charge in [-0.05, 0) is 37.0 Å². The van der Waals surface area contributed by atoms with Crippen LogP contribution in [0.4, 0.5) is 5.69 Å². The Morgan fingerprint density at radius 1 is 1.04 bits per heavy atom. The predicted molar refractivity (Wildman–Crippen MR) is 110 cm³/mol. The summed E-state index contributed by atoms with van der Waals surface area (Å²) in [5.41, 5.74) is 4.15. The number of benzene rings is 2. The van der Waals surface area contributed by atoms with Crippen molar-refractivity contribution in [2.24, 2.45) is 0 Å². The van der Waals surface area contributed by atoms with E-state index in [9.17, 15) is 0 Å². The Hall–Kier alpha value is -2.06. The van der Waals surface area contributed by atoms with Crippen molar-refractivity contribution in [1.82, 2.24) is 0 Å². The molecular formula is C23H33NO. The van der Waals surface area contributed by atoms with Gasteiger partial charge in [0.2, 0.25) is 0 Å². The topological polar surface area (TPSA) is 12.5 Å². The molecule has 0 aliphatic carbocycles. The molecule has 0 bridgehead atoms. The van der Waals surface area contributed by atoms with Crippen LogP contribution in [0.3, 0.4) is 0 Å². The molecule has 0 atom stereocenters. The highest BCUT2D eigenvalue weighted by Gasteiger charge is 2.17. The maximum Gasteiger partial charge on any atom is 0.0716 e. The minimum Gasteiger partial charge on any atom is -0.377 e. The van der Waals surface area contributed by atoms with E-state index in [2.05, 4.69) is 60.0 Å². The van der Waals surface area contributed by atoms with Crippen LogP contribution in [-0.4, -0.2) is 19.7 Å². The van der Waals surface area contributed by atoms with Crippen molar-refractivity contribution in [2.45, 2.75) is 40.2 Å². The van der Waals surface area contributed by atoms with Crippen LogP contribution in [0.1, 0.15) is 38.3 Å². The van der Waals surface area contributed by atoms with Gasteiger partial charge in [-0.15, -0.1) is 6.58 Å². The van der Waals surface area contributed by atoms with Gasteiger partial charge in [0, 0.05) is 25.4 Å². The van der Waals surface area contributed by atoms with Gasteiger partial charge in [-0.3, -0.25) is 0 Å². The molecule has 0 fully saturated rings. The van der Waals surface area contributed by atoms with Crippen LogP contribution in [-0.2, 0) is 17.8 Å². The number of anilines is 1. The molecule has 0 radical (unpaired) electrons. The average Bonchev–Trinajstić information content (AvgIpc) is 3.08. The summed E-state index contributed by atoms with van der Waals surface area (Å²) in [6.45, 7) is 13.0. The number of hydrogen-bond donors (Lipinski definition) is 0. The lowest BCUT2D eigenvalue weighted by molar-refractivity contribution is 0.119. The SMILES string of the molecule is C=CC.CC.c1ccc(COCCCN2CCc3ccccc32)cc1. The van der Waals surface area contributed by atoms with Crippen molar-refractivity contribution < 1.29 is 4.74 Å². The summed E-state index contributed by atoms with van der Waals surface area (Å²) in [6.07, 6.45) is 4.02. The summed E-state index contributed by atoms with van der Waals surface area (Å²) >= 11 is 0. The molecule has 0 N–H and O–H groups in total. The first kappa shape index (κ1) is 21.0. The van der Waals surface area contributed by atoms with E-state index in [-0.39, 0.29) is 0 Å². The third-order valence-corrected chi connectivity index (χ3v) is 3.81. The predicted octanol–water partition coefficient (Wildman–Crippen LogP) is 5.87. The van der Waals surface area contributed by atoms with E-state index < -0.39 is 0 Å². The number of nitrogens with zero attached hydrogens (tertiary/aromatic N) is 1. The maximum atomic E-state index is 5.74. The highest BCUT2D eigenvalue weighted by Crippen LogP contribution is 2.27. The Morgan fingerprint density at radius 3 is 2.40 bits per heavy atom. The molecule has 0 aromatic heterocycles. The minimum atomic E-state index is 0.720. The Bertz CT molecular complexity index is 580. The Balaban J connectivity index is 0.000000567. The minimum absolute atomic E-state index is 0.720. The number of fused-ring (bicyclic) bond motifs is 1. The lowest BCUT2D eigenvalue weighted by Gasteiger charge is -2.19. The molecule has 2 nitrogen and oxygen atoms in total. The molecule has 1 aliphatic rings. The molecule has 0 saturated carbocycles. The van der Waals surface area contributed by atoms with Gasteiger partial charge in [0.1, 0.15) is 0 Å². The molecule has 0 unspecified atom stereocenters. The van der Waals surface area contributed by atoms with Crippen molar-refractivity contribution in [3.8, 4) is 0 Å². The van der Waals surface area contributed by atoms with Crippen LogP contribution in [0, 0.1) is 0 Å². The first-order valence-corrected chi connectivity index (χ1v) is 9.36. The van der Waals surface area contributed by atoms with E-state index >= 15 is 0 Å². The summed E-state index contributed by atoms with van der Waals surface area (Å²) in [5, 5.41) is 0. The van der Waals surface area contributed by atoms with Crippen LogP contribution >= 0.6 is 0 Å². The third-order valence-electron chi connectivity index (χ3n) is 3.81. The summed E-state index contributed by atoms with van der Waals surface area (Å²) in [4.78, 5) is 2.47. The van der Waals surface area contributed by atoms with Crippen LogP contribution in [0.2, 0.25) is 0 Å². The third kappa shape index (κ3) is 7.57. The van der Waals surface area contributed by atoms with E-state index in [0.717, 1.165) is 32.7 Å². The van der Waals surface area contributed by atoms with Gasteiger partial charge < -0.3 is 9.64 Å². The van der Waals surface area contributed by atoms with E-state index in [1.54, 1.807) is 6.08 Å². The van der Waals surface area contributed by atoms with Crippen molar-refractivity contribution >= 4 is 5.69 Å². The van der Waals surface area contributed by atoms with Gasteiger partial charge >= 0.3 is 0 Å². The zero-order chi connectivity index (χ0) is 18.3. The molecule has 2 aromatic carbocycles. The fourth-order valence-electron chi connectivity index (χ4n) is 2.76. The smallest absolute Gasteiger partial charge is 0.0716 e. The fraction of sp³-hybridized carbons (Fsp3) is 0.391. The molecule has 1 aliphatic heterocycles. The average molecular weight is 340 g/mol. The van der Waals surface area contributed by atoms with Gasteiger partial charge in [-0.1, -0.05) is 68.5 Å². The Labute approximate surface area is 154 Å². The molecule has 136 valence electrons. The zero-order valence-electron chi connectivity index (χ0n) is 16.1. The van der Waals surface area contributed by atoms with Crippen LogP contribution in [0.15, 0.2) is 67.3 Å². The largest absolute Gasteiger partial charge is 0.377 e. The zero-order valence-corrected chi connectivity index (χ0v) is 16.1.